The molecule has 0 aliphatic carbocycles. The Labute approximate surface area is 86.1 Å². The van der Waals surface area contributed by atoms with E-state index >= 15 is 0 Å². The van der Waals surface area contributed by atoms with E-state index in [9.17, 15) is 0 Å². The van der Waals surface area contributed by atoms with Gasteiger partial charge in [0.1, 0.15) is 11.8 Å². The minimum Gasteiger partial charge on any atom is -0.468 e. The maximum Gasteiger partial charge on any atom is 0.274 e. The van der Waals surface area contributed by atoms with E-state index in [2.05, 4.69) is 10.3 Å². The normalized spacial score (nSPS) is 22.1. The molecule has 1 saturated heterocycles. The molecular formula is C8H11ClN2OS. The third-order valence-corrected chi connectivity index (χ3v) is 3.10. The van der Waals surface area contributed by atoms with Gasteiger partial charge in [-0.05, 0) is 19.4 Å². The van der Waals surface area contributed by atoms with Gasteiger partial charge in [-0.3, -0.25) is 0 Å². The second-order valence-electron chi connectivity index (χ2n) is 3.04. The van der Waals surface area contributed by atoms with Gasteiger partial charge in [0.25, 0.3) is 5.19 Å². The molecule has 2 rings (SSSR count). The smallest absolute Gasteiger partial charge is 0.274 e. The van der Waals surface area contributed by atoms with Crippen LogP contribution in [0.25, 0.3) is 0 Å². The molecule has 3 nitrogen and oxygen atoms in total. The van der Waals surface area contributed by atoms with Crippen molar-refractivity contribution in [3.8, 4) is 5.19 Å². The lowest BCUT2D eigenvalue weighted by Gasteiger charge is -2.08. The molecule has 1 unspecified atom stereocenters. The largest absolute Gasteiger partial charge is 0.468 e. The van der Waals surface area contributed by atoms with E-state index in [0.29, 0.717) is 23.0 Å². The summed E-state index contributed by atoms with van der Waals surface area (Å²) < 4.78 is 5.47. The van der Waals surface area contributed by atoms with Crippen LogP contribution < -0.4 is 10.1 Å². The van der Waals surface area contributed by atoms with Gasteiger partial charge in [-0.15, -0.1) is 0 Å². The maximum atomic E-state index is 5.66. The van der Waals surface area contributed by atoms with Crippen LogP contribution in [-0.2, 0) is 0 Å². The topological polar surface area (TPSA) is 34.1 Å². The van der Waals surface area contributed by atoms with Gasteiger partial charge >= 0.3 is 0 Å². The number of thiazole rings is 1. The standard InChI is InChI=1S/C8H11ClN2OS/c9-7-5-13-8(11-7)12-4-6-2-1-3-10-6/h5-6,10H,1-4H2. The molecule has 5 heteroatoms. The summed E-state index contributed by atoms with van der Waals surface area (Å²) in [5, 5.41) is 6.31. The molecule has 1 atom stereocenters. The average molecular weight is 219 g/mol. The molecule has 0 bridgehead atoms. The van der Waals surface area contributed by atoms with E-state index in [1.165, 1.54) is 24.2 Å². The highest BCUT2D eigenvalue weighted by Gasteiger charge is 2.14. The second kappa shape index (κ2) is 4.26. The van der Waals surface area contributed by atoms with Crippen LogP contribution in [0.5, 0.6) is 5.19 Å². The highest BCUT2D eigenvalue weighted by Crippen LogP contribution is 2.21. The predicted octanol–water partition coefficient (Wildman–Crippen LogP) is 1.93. The summed E-state index contributed by atoms with van der Waals surface area (Å²) in [5.41, 5.74) is 0. The van der Waals surface area contributed by atoms with E-state index in [1.54, 1.807) is 5.38 Å². The van der Waals surface area contributed by atoms with Crippen molar-refractivity contribution in [3.63, 3.8) is 0 Å². The molecule has 1 aromatic heterocycles. The summed E-state index contributed by atoms with van der Waals surface area (Å²) in [6.07, 6.45) is 2.44. The lowest BCUT2D eigenvalue weighted by atomic mass is 10.2. The molecule has 0 saturated carbocycles. The number of nitrogens with zero attached hydrogens (tertiary/aromatic N) is 1. The van der Waals surface area contributed by atoms with Crippen LogP contribution in [0.4, 0.5) is 0 Å². The second-order valence-corrected chi connectivity index (χ2v) is 4.25. The number of nitrogens with one attached hydrogen (secondary N) is 1. The van der Waals surface area contributed by atoms with Crippen molar-refractivity contribution >= 4 is 22.9 Å². The van der Waals surface area contributed by atoms with Crippen LogP contribution in [-0.4, -0.2) is 24.2 Å². The van der Waals surface area contributed by atoms with Gasteiger partial charge in [-0.1, -0.05) is 22.9 Å². The Morgan fingerprint density at radius 2 is 2.69 bits per heavy atom. The molecule has 1 fully saturated rings. The molecule has 1 aliphatic rings. The summed E-state index contributed by atoms with van der Waals surface area (Å²) >= 11 is 7.10. The van der Waals surface area contributed by atoms with Gasteiger partial charge in [-0.2, -0.15) is 4.98 Å². The van der Waals surface area contributed by atoms with Crippen LogP contribution in [0.3, 0.4) is 0 Å². The molecule has 1 N–H and O–H groups in total. The zero-order valence-corrected chi connectivity index (χ0v) is 8.70. The van der Waals surface area contributed by atoms with E-state index in [0.717, 1.165) is 6.54 Å². The third kappa shape index (κ3) is 2.56. The van der Waals surface area contributed by atoms with Crippen molar-refractivity contribution < 1.29 is 4.74 Å². The minimum absolute atomic E-state index is 0.489. The number of aromatic nitrogens is 1. The summed E-state index contributed by atoms with van der Waals surface area (Å²) in [6, 6.07) is 0.489. The Morgan fingerprint density at radius 1 is 1.77 bits per heavy atom. The predicted molar refractivity (Wildman–Crippen MR) is 53.6 cm³/mol. The first-order chi connectivity index (χ1) is 6.34. The first-order valence-corrected chi connectivity index (χ1v) is 5.57. The number of hydrogen-bond donors (Lipinski definition) is 1. The Morgan fingerprint density at radius 3 is 3.31 bits per heavy atom. The highest BCUT2D eigenvalue weighted by molar-refractivity contribution is 7.11. The van der Waals surface area contributed by atoms with Crippen molar-refractivity contribution in [2.75, 3.05) is 13.2 Å². The number of rotatable bonds is 3. The van der Waals surface area contributed by atoms with Crippen LogP contribution in [0.1, 0.15) is 12.8 Å². The summed E-state index contributed by atoms with van der Waals surface area (Å²) in [6.45, 7) is 1.80. The molecular weight excluding hydrogens is 208 g/mol. The lowest BCUT2D eigenvalue weighted by Crippen LogP contribution is -2.28. The first kappa shape index (κ1) is 9.24. The Hall–Kier alpha value is -0.320. The van der Waals surface area contributed by atoms with Crippen molar-refractivity contribution in [2.24, 2.45) is 0 Å². The SMILES string of the molecule is Clc1csc(OCC2CCCN2)n1. The fourth-order valence-electron chi connectivity index (χ4n) is 1.38. The highest BCUT2D eigenvalue weighted by atomic mass is 35.5. The van der Waals surface area contributed by atoms with Gasteiger partial charge < -0.3 is 10.1 Å². The van der Waals surface area contributed by atoms with Gasteiger partial charge in [0.15, 0.2) is 0 Å². The van der Waals surface area contributed by atoms with Crippen LogP contribution in [0.15, 0.2) is 5.38 Å². The molecule has 0 aromatic carbocycles. The molecule has 2 heterocycles. The van der Waals surface area contributed by atoms with Crippen molar-refractivity contribution in [2.45, 2.75) is 18.9 Å². The molecule has 0 amide bonds. The molecule has 0 spiro atoms. The van der Waals surface area contributed by atoms with E-state index in [1.807, 2.05) is 0 Å². The number of ether oxygens (including phenoxy) is 1. The molecule has 0 radical (unpaired) electrons. The third-order valence-electron chi connectivity index (χ3n) is 2.03. The monoisotopic (exact) mass is 218 g/mol. The average Bonchev–Trinajstić information content (AvgIpc) is 2.71. The van der Waals surface area contributed by atoms with Crippen molar-refractivity contribution in [1.29, 1.82) is 0 Å². The zero-order chi connectivity index (χ0) is 9.10. The van der Waals surface area contributed by atoms with Gasteiger partial charge in [0.05, 0.1) is 0 Å². The van der Waals surface area contributed by atoms with E-state index in [-0.39, 0.29) is 0 Å². The summed E-state index contributed by atoms with van der Waals surface area (Å²) in [5.74, 6) is 0. The summed E-state index contributed by atoms with van der Waals surface area (Å²) in [7, 11) is 0. The zero-order valence-electron chi connectivity index (χ0n) is 7.12. The maximum absolute atomic E-state index is 5.66. The van der Waals surface area contributed by atoms with Gasteiger partial charge in [0, 0.05) is 11.4 Å². The fourth-order valence-corrected chi connectivity index (χ4v) is 2.17. The Bertz CT molecular complexity index is 273. The minimum atomic E-state index is 0.489. The van der Waals surface area contributed by atoms with Crippen molar-refractivity contribution in [3.05, 3.63) is 10.5 Å². The van der Waals surface area contributed by atoms with Crippen LogP contribution >= 0.6 is 22.9 Å². The summed E-state index contributed by atoms with van der Waals surface area (Å²) in [4.78, 5) is 4.01. The molecule has 13 heavy (non-hydrogen) atoms. The Kier molecular flexibility index (Phi) is 3.03. The molecule has 1 aromatic rings. The number of halogens is 1. The molecule has 1 aliphatic heterocycles. The van der Waals surface area contributed by atoms with Crippen molar-refractivity contribution in [1.82, 2.24) is 10.3 Å². The van der Waals surface area contributed by atoms with Gasteiger partial charge in [-0.25, -0.2) is 0 Å². The van der Waals surface area contributed by atoms with Gasteiger partial charge in [0.2, 0.25) is 0 Å². The first-order valence-electron chi connectivity index (χ1n) is 4.32. The quantitative estimate of drug-likeness (QED) is 0.842. The van der Waals surface area contributed by atoms with E-state index < -0.39 is 0 Å². The van der Waals surface area contributed by atoms with Crippen LogP contribution in [0, 0.1) is 0 Å². The number of hydrogen-bond acceptors (Lipinski definition) is 4. The lowest BCUT2D eigenvalue weighted by molar-refractivity contribution is 0.276. The van der Waals surface area contributed by atoms with Crippen LogP contribution in [0.2, 0.25) is 5.15 Å². The van der Waals surface area contributed by atoms with E-state index in [4.69, 9.17) is 16.3 Å². The molecule has 72 valence electrons. The Balaban J connectivity index is 1.78. The fraction of sp³-hybridized carbons (Fsp3) is 0.625.